The van der Waals surface area contributed by atoms with Crippen molar-refractivity contribution in [3.63, 3.8) is 0 Å². The van der Waals surface area contributed by atoms with Gasteiger partial charge in [-0.2, -0.15) is 0 Å². The molecule has 0 unspecified atom stereocenters. The molecule has 0 saturated carbocycles. The number of benzene rings is 2. The Balaban J connectivity index is 1.44. The lowest BCUT2D eigenvalue weighted by Crippen LogP contribution is -2.29. The number of aliphatic hydroxyl groups is 2. The van der Waals surface area contributed by atoms with Gasteiger partial charge in [0.1, 0.15) is 0 Å². The van der Waals surface area contributed by atoms with E-state index in [-0.39, 0.29) is 13.2 Å². The third-order valence-electron chi connectivity index (χ3n) is 6.79. The van der Waals surface area contributed by atoms with Crippen molar-refractivity contribution in [3.8, 4) is 11.4 Å². The third kappa shape index (κ3) is 7.88. The van der Waals surface area contributed by atoms with Gasteiger partial charge >= 0.3 is 0 Å². The lowest BCUT2D eigenvalue weighted by atomic mass is 10.1. The Labute approximate surface area is 237 Å². The van der Waals surface area contributed by atoms with E-state index in [1.54, 1.807) is 6.20 Å². The van der Waals surface area contributed by atoms with Crippen LogP contribution in [0.3, 0.4) is 0 Å². The van der Waals surface area contributed by atoms with Gasteiger partial charge in [-0.05, 0) is 84.6 Å². The second kappa shape index (κ2) is 14.8. The molecular formula is C34H38N4O2. The molecule has 6 nitrogen and oxygen atoms in total. The van der Waals surface area contributed by atoms with Crippen LogP contribution < -0.4 is 9.80 Å². The van der Waals surface area contributed by atoms with Crippen molar-refractivity contribution >= 4 is 35.7 Å². The van der Waals surface area contributed by atoms with E-state index in [4.69, 9.17) is 0 Å². The molecule has 206 valence electrons. The van der Waals surface area contributed by atoms with Gasteiger partial charge in [0.25, 0.3) is 0 Å². The van der Waals surface area contributed by atoms with Crippen LogP contribution in [-0.2, 0) is 0 Å². The lowest BCUT2D eigenvalue weighted by Gasteiger charge is -2.22. The third-order valence-corrected chi connectivity index (χ3v) is 6.79. The van der Waals surface area contributed by atoms with Gasteiger partial charge in [-0.3, -0.25) is 9.97 Å². The molecule has 4 rings (SSSR count). The number of anilines is 2. The summed E-state index contributed by atoms with van der Waals surface area (Å²) < 4.78 is 0. The van der Waals surface area contributed by atoms with Crippen LogP contribution in [-0.4, -0.2) is 59.6 Å². The summed E-state index contributed by atoms with van der Waals surface area (Å²) in [4.78, 5) is 13.4. The van der Waals surface area contributed by atoms with Crippen LogP contribution in [0.25, 0.3) is 35.7 Å². The molecule has 2 aromatic heterocycles. The fourth-order valence-corrected chi connectivity index (χ4v) is 4.56. The highest BCUT2D eigenvalue weighted by atomic mass is 16.3. The van der Waals surface area contributed by atoms with Gasteiger partial charge in [0.05, 0.1) is 24.6 Å². The molecule has 2 aromatic carbocycles. The van der Waals surface area contributed by atoms with E-state index in [0.717, 1.165) is 52.4 Å². The first-order valence-corrected chi connectivity index (χ1v) is 13.8. The van der Waals surface area contributed by atoms with Gasteiger partial charge in [-0.1, -0.05) is 48.6 Å². The highest BCUT2D eigenvalue weighted by molar-refractivity contribution is 5.74. The summed E-state index contributed by atoms with van der Waals surface area (Å²) in [5.41, 5.74) is 8.18. The Hall–Kier alpha value is -4.26. The van der Waals surface area contributed by atoms with Crippen LogP contribution in [0.5, 0.6) is 0 Å². The molecule has 4 aromatic rings. The zero-order valence-corrected chi connectivity index (χ0v) is 23.3. The SMILES string of the molecule is CCN(CC)c1ccc(/C=C/c2ccnc(-c3cc(/C=C/c4ccc(N(CCO)CCO)cc4)ccn3)c2)cc1. The summed E-state index contributed by atoms with van der Waals surface area (Å²) in [6.07, 6.45) is 12.0. The number of nitrogens with zero attached hydrogens (tertiary/aromatic N) is 4. The van der Waals surface area contributed by atoms with Gasteiger partial charge in [0, 0.05) is 49.9 Å². The lowest BCUT2D eigenvalue weighted by molar-refractivity contribution is 0.281. The van der Waals surface area contributed by atoms with E-state index in [0.29, 0.717) is 13.1 Å². The predicted molar refractivity (Wildman–Crippen MR) is 168 cm³/mol. The number of hydrogen-bond acceptors (Lipinski definition) is 6. The minimum Gasteiger partial charge on any atom is -0.395 e. The Kier molecular flexibility index (Phi) is 10.6. The van der Waals surface area contributed by atoms with E-state index in [1.165, 1.54) is 5.69 Å². The molecule has 0 bridgehead atoms. The molecule has 40 heavy (non-hydrogen) atoms. The molecular weight excluding hydrogens is 496 g/mol. The molecule has 2 N–H and O–H groups in total. The maximum absolute atomic E-state index is 9.27. The molecule has 0 saturated heterocycles. The number of rotatable bonds is 13. The molecule has 0 amide bonds. The smallest absolute Gasteiger partial charge is 0.0892 e. The predicted octanol–water partition coefficient (Wildman–Crippen LogP) is 6.12. The van der Waals surface area contributed by atoms with Gasteiger partial charge in [0.15, 0.2) is 0 Å². The second-order valence-electron chi connectivity index (χ2n) is 9.41. The van der Waals surface area contributed by atoms with Gasteiger partial charge in [-0.15, -0.1) is 0 Å². The zero-order chi connectivity index (χ0) is 28.2. The van der Waals surface area contributed by atoms with Crippen molar-refractivity contribution in [3.05, 3.63) is 107 Å². The summed E-state index contributed by atoms with van der Waals surface area (Å²) in [6.45, 7) is 7.43. The quantitative estimate of drug-likeness (QED) is 0.215. The topological polar surface area (TPSA) is 72.7 Å². The summed E-state index contributed by atoms with van der Waals surface area (Å²) in [6, 6.07) is 24.8. The molecule has 0 aliphatic rings. The average molecular weight is 535 g/mol. The number of aliphatic hydroxyl groups excluding tert-OH is 2. The normalized spacial score (nSPS) is 11.4. The standard InChI is InChI=1S/C34H38N4O2/c1-3-37(4-2)31-13-9-27(10-14-31)5-7-29-17-19-35-33(25-29)34-26-30(18-20-36-34)8-6-28-11-15-32(16-12-28)38(21-23-39)22-24-40/h5-20,25-26,39-40H,3-4,21-24H2,1-2H3/b7-5+,8-6+. The van der Waals surface area contributed by atoms with Gasteiger partial charge < -0.3 is 20.0 Å². The largest absolute Gasteiger partial charge is 0.395 e. The summed E-state index contributed by atoms with van der Waals surface area (Å²) in [7, 11) is 0. The summed E-state index contributed by atoms with van der Waals surface area (Å²) in [5, 5.41) is 18.5. The van der Waals surface area contributed by atoms with Crippen LogP contribution in [0.4, 0.5) is 11.4 Å². The van der Waals surface area contributed by atoms with Crippen LogP contribution in [0.1, 0.15) is 36.1 Å². The fraction of sp³-hybridized carbons (Fsp3) is 0.235. The van der Waals surface area contributed by atoms with Crippen LogP contribution in [0.15, 0.2) is 85.2 Å². The zero-order valence-electron chi connectivity index (χ0n) is 23.3. The van der Waals surface area contributed by atoms with E-state index in [9.17, 15) is 10.2 Å². The first-order chi connectivity index (χ1) is 19.6. The average Bonchev–Trinajstić information content (AvgIpc) is 3.01. The van der Waals surface area contributed by atoms with Crippen molar-refractivity contribution in [2.24, 2.45) is 0 Å². The molecule has 0 aliphatic heterocycles. The molecule has 2 heterocycles. The van der Waals surface area contributed by atoms with Crippen LogP contribution in [0.2, 0.25) is 0 Å². The van der Waals surface area contributed by atoms with E-state index in [2.05, 4.69) is 83.4 Å². The Morgan fingerprint density at radius 2 is 0.950 bits per heavy atom. The van der Waals surface area contributed by atoms with E-state index in [1.807, 2.05) is 53.6 Å². The monoisotopic (exact) mass is 534 g/mol. The summed E-state index contributed by atoms with van der Waals surface area (Å²) >= 11 is 0. The van der Waals surface area contributed by atoms with Crippen molar-refractivity contribution in [2.45, 2.75) is 13.8 Å². The Morgan fingerprint density at radius 3 is 1.35 bits per heavy atom. The van der Waals surface area contributed by atoms with Crippen molar-refractivity contribution in [1.29, 1.82) is 0 Å². The second-order valence-corrected chi connectivity index (χ2v) is 9.41. The first-order valence-electron chi connectivity index (χ1n) is 13.8. The number of pyridine rings is 2. The van der Waals surface area contributed by atoms with Crippen LogP contribution >= 0.6 is 0 Å². The summed E-state index contributed by atoms with van der Waals surface area (Å²) in [5.74, 6) is 0. The van der Waals surface area contributed by atoms with Gasteiger partial charge in [0.2, 0.25) is 0 Å². The molecule has 6 heteroatoms. The van der Waals surface area contributed by atoms with E-state index >= 15 is 0 Å². The number of aromatic nitrogens is 2. The minimum absolute atomic E-state index is 0.0467. The van der Waals surface area contributed by atoms with Crippen molar-refractivity contribution < 1.29 is 10.2 Å². The Morgan fingerprint density at radius 1 is 0.550 bits per heavy atom. The molecule has 0 radical (unpaired) electrons. The van der Waals surface area contributed by atoms with Crippen molar-refractivity contribution in [1.82, 2.24) is 9.97 Å². The van der Waals surface area contributed by atoms with Crippen molar-refractivity contribution in [2.75, 3.05) is 49.2 Å². The number of hydrogen-bond donors (Lipinski definition) is 2. The Bertz CT molecular complexity index is 1390. The van der Waals surface area contributed by atoms with Crippen LogP contribution in [0, 0.1) is 0 Å². The molecule has 0 fully saturated rings. The molecule has 0 atom stereocenters. The highest BCUT2D eigenvalue weighted by Gasteiger charge is 2.06. The minimum atomic E-state index is 0.0467. The molecule has 0 spiro atoms. The fourth-order valence-electron chi connectivity index (χ4n) is 4.56. The maximum Gasteiger partial charge on any atom is 0.0892 e. The van der Waals surface area contributed by atoms with Gasteiger partial charge in [-0.25, -0.2) is 0 Å². The van der Waals surface area contributed by atoms with E-state index < -0.39 is 0 Å². The maximum atomic E-state index is 9.27. The highest BCUT2D eigenvalue weighted by Crippen LogP contribution is 2.21. The molecule has 0 aliphatic carbocycles. The first kappa shape index (κ1) is 28.7.